The van der Waals surface area contributed by atoms with Crippen LogP contribution in [0.2, 0.25) is 0 Å². The van der Waals surface area contributed by atoms with Gasteiger partial charge in [-0.2, -0.15) is 0 Å². The van der Waals surface area contributed by atoms with Gasteiger partial charge in [0.25, 0.3) is 0 Å². The molecule has 68 valence electrons. The third kappa shape index (κ3) is 4.52. The van der Waals surface area contributed by atoms with Crippen molar-refractivity contribution in [2.24, 2.45) is 0 Å². The molecule has 0 aliphatic heterocycles. The van der Waals surface area contributed by atoms with Crippen molar-refractivity contribution in [1.82, 2.24) is 0 Å². The average Bonchev–Trinajstić information content (AvgIpc) is 1.98. The predicted octanol–water partition coefficient (Wildman–Crippen LogP) is 1.94. The summed E-state index contributed by atoms with van der Waals surface area (Å²) in [6, 6.07) is 0. The summed E-state index contributed by atoms with van der Waals surface area (Å²) >= 11 is 10.9. The van der Waals surface area contributed by atoms with Crippen LogP contribution in [0.4, 0.5) is 0 Å². The van der Waals surface area contributed by atoms with Crippen molar-refractivity contribution >= 4 is 34.8 Å². The molecule has 0 radical (unpaired) electrons. The molecule has 0 heterocycles. The highest BCUT2D eigenvalue weighted by Gasteiger charge is 2.08. The number of carbonyl (C=O) groups excluding carboxylic acids is 2. The number of hydrogen-bond acceptors (Lipinski definition) is 2. The Kier molecular flexibility index (Phi) is 5.18. The molecule has 0 spiro atoms. The van der Waals surface area contributed by atoms with Crippen LogP contribution < -0.4 is 0 Å². The first-order chi connectivity index (χ1) is 5.45. The number of halogens is 2. The molecule has 0 N–H and O–H groups in total. The Morgan fingerprint density at radius 3 is 1.42 bits per heavy atom. The highest BCUT2D eigenvalue weighted by atomic mass is 35.5. The largest absolute Gasteiger partial charge is 0.293 e. The summed E-state index contributed by atoms with van der Waals surface area (Å²) in [5, 5.41) is -1.20. The van der Waals surface area contributed by atoms with Gasteiger partial charge in [-0.05, 0) is 26.0 Å². The van der Waals surface area contributed by atoms with Gasteiger partial charge in [-0.1, -0.05) is 0 Å². The first-order valence-corrected chi connectivity index (χ1v) is 4.36. The van der Waals surface area contributed by atoms with Gasteiger partial charge in [0.15, 0.2) is 11.6 Å². The molecule has 2 unspecified atom stereocenters. The van der Waals surface area contributed by atoms with E-state index in [4.69, 9.17) is 23.2 Å². The van der Waals surface area contributed by atoms with Crippen LogP contribution in [-0.4, -0.2) is 22.3 Å². The van der Waals surface area contributed by atoms with Gasteiger partial charge in [0, 0.05) is 0 Å². The maximum atomic E-state index is 10.9. The smallest absolute Gasteiger partial charge is 0.173 e. The minimum Gasteiger partial charge on any atom is -0.293 e. The number of alkyl halides is 2. The van der Waals surface area contributed by atoms with Crippen LogP contribution in [0.25, 0.3) is 0 Å². The second-order valence-electron chi connectivity index (χ2n) is 2.37. The molecule has 0 aromatic carbocycles. The van der Waals surface area contributed by atoms with Crippen LogP contribution >= 0.6 is 23.2 Å². The zero-order chi connectivity index (χ0) is 9.72. The highest BCUT2D eigenvalue weighted by molar-refractivity contribution is 6.34. The van der Waals surface area contributed by atoms with Gasteiger partial charge >= 0.3 is 0 Å². The van der Waals surface area contributed by atoms with Gasteiger partial charge in [-0.3, -0.25) is 9.59 Å². The Morgan fingerprint density at radius 2 is 1.25 bits per heavy atom. The van der Waals surface area contributed by atoms with E-state index >= 15 is 0 Å². The highest BCUT2D eigenvalue weighted by Crippen LogP contribution is 1.99. The molecule has 0 aliphatic carbocycles. The molecule has 0 rings (SSSR count). The SMILES string of the molecule is CC(Cl)C(=O)/C=C\C(=O)C(C)Cl. The second kappa shape index (κ2) is 5.33. The molecule has 0 fully saturated rings. The van der Waals surface area contributed by atoms with Gasteiger partial charge in [-0.15, -0.1) is 23.2 Å². The number of carbonyl (C=O) groups is 2. The van der Waals surface area contributed by atoms with Crippen LogP contribution in [0.1, 0.15) is 13.8 Å². The molecule has 4 heteroatoms. The quantitative estimate of drug-likeness (QED) is 0.523. The molecule has 0 aromatic heterocycles. The number of ketones is 2. The van der Waals surface area contributed by atoms with Crippen molar-refractivity contribution in [3.63, 3.8) is 0 Å². The Labute approximate surface area is 81.5 Å². The fourth-order valence-electron chi connectivity index (χ4n) is 0.429. The average molecular weight is 209 g/mol. The number of rotatable bonds is 4. The summed E-state index contributed by atoms with van der Waals surface area (Å²) < 4.78 is 0. The van der Waals surface area contributed by atoms with E-state index in [1.54, 1.807) is 13.8 Å². The van der Waals surface area contributed by atoms with E-state index in [9.17, 15) is 9.59 Å². The van der Waals surface area contributed by atoms with E-state index < -0.39 is 10.8 Å². The fourth-order valence-corrected chi connectivity index (χ4v) is 0.575. The number of hydrogen-bond donors (Lipinski definition) is 0. The summed E-state index contributed by atoms with van der Waals surface area (Å²) in [6.07, 6.45) is 2.30. The van der Waals surface area contributed by atoms with Gasteiger partial charge < -0.3 is 0 Å². The molecule has 0 bridgehead atoms. The lowest BCUT2D eigenvalue weighted by Crippen LogP contribution is -2.10. The Bertz CT molecular complexity index is 185. The monoisotopic (exact) mass is 208 g/mol. The molecular formula is C8H10Cl2O2. The van der Waals surface area contributed by atoms with Crippen molar-refractivity contribution in [2.75, 3.05) is 0 Å². The van der Waals surface area contributed by atoms with Gasteiger partial charge in [0.1, 0.15) is 0 Å². The fraction of sp³-hybridized carbons (Fsp3) is 0.500. The van der Waals surface area contributed by atoms with E-state index in [1.807, 2.05) is 0 Å². The molecule has 2 atom stereocenters. The van der Waals surface area contributed by atoms with Crippen molar-refractivity contribution in [3.05, 3.63) is 12.2 Å². The molecule has 0 aliphatic rings. The molecule has 0 aromatic rings. The Hall–Kier alpha value is -0.340. The maximum Gasteiger partial charge on any atom is 0.173 e. The lowest BCUT2D eigenvalue weighted by molar-refractivity contribution is -0.116. The zero-order valence-corrected chi connectivity index (χ0v) is 8.39. The summed E-state index contributed by atoms with van der Waals surface area (Å²) in [6.45, 7) is 3.09. The lowest BCUT2D eigenvalue weighted by atomic mass is 10.2. The summed E-state index contributed by atoms with van der Waals surface area (Å²) in [7, 11) is 0. The van der Waals surface area contributed by atoms with Crippen LogP contribution in [0.3, 0.4) is 0 Å². The first-order valence-electron chi connectivity index (χ1n) is 3.49. The molecule has 0 amide bonds. The maximum absolute atomic E-state index is 10.9. The van der Waals surface area contributed by atoms with Gasteiger partial charge in [0.2, 0.25) is 0 Å². The van der Waals surface area contributed by atoms with Crippen molar-refractivity contribution in [2.45, 2.75) is 24.6 Å². The lowest BCUT2D eigenvalue weighted by Gasteiger charge is -1.95. The Balaban J connectivity index is 4.08. The summed E-state index contributed by atoms with van der Waals surface area (Å²) in [5.74, 6) is -0.579. The third-order valence-electron chi connectivity index (χ3n) is 1.20. The van der Waals surface area contributed by atoms with Crippen LogP contribution in [-0.2, 0) is 9.59 Å². The first kappa shape index (κ1) is 11.7. The molecular weight excluding hydrogens is 199 g/mol. The minimum absolute atomic E-state index is 0.290. The van der Waals surface area contributed by atoms with E-state index in [-0.39, 0.29) is 11.6 Å². The van der Waals surface area contributed by atoms with Crippen LogP contribution in [0.15, 0.2) is 12.2 Å². The standard InChI is InChI=1S/C8H10Cl2O2/c1-5(9)7(11)3-4-8(12)6(2)10/h3-6H,1-2H3/b4-3-. The van der Waals surface area contributed by atoms with E-state index in [1.165, 1.54) is 0 Å². The van der Waals surface area contributed by atoms with E-state index in [0.29, 0.717) is 0 Å². The molecule has 0 saturated heterocycles. The Morgan fingerprint density at radius 1 is 1.00 bits per heavy atom. The molecule has 12 heavy (non-hydrogen) atoms. The van der Waals surface area contributed by atoms with Crippen molar-refractivity contribution in [3.8, 4) is 0 Å². The molecule has 0 saturated carbocycles. The summed E-state index contributed by atoms with van der Waals surface area (Å²) in [4.78, 5) is 21.7. The van der Waals surface area contributed by atoms with Crippen LogP contribution in [0, 0.1) is 0 Å². The van der Waals surface area contributed by atoms with Crippen molar-refractivity contribution in [1.29, 1.82) is 0 Å². The normalized spacial score (nSPS) is 16.0. The van der Waals surface area contributed by atoms with Crippen LogP contribution in [0.5, 0.6) is 0 Å². The predicted molar refractivity (Wildman–Crippen MR) is 49.8 cm³/mol. The summed E-state index contributed by atoms with van der Waals surface area (Å²) in [5.41, 5.74) is 0. The van der Waals surface area contributed by atoms with Crippen molar-refractivity contribution < 1.29 is 9.59 Å². The van der Waals surface area contributed by atoms with E-state index in [2.05, 4.69) is 0 Å². The molecule has 2 nitrogen and oxygen atoms in total. The van der Waals surface area contributed by atoms with E-state index in [0.717, 1.165) is 12.2 Å². The van der Waals surface area contributed by atoms with Gasteiger partial charge in [0.05, 0.1) is 10.8 Å². The minimum atomic E-state index is -0.598. The number of allylic oxidation sites excluding steroid dienone is 2. The zero-order valence-electron chi connectivity index (χ0n) is 6.88. The van der Waals surface area contributed by atoms with Gasteiger partial charge in [-0.25, -0.2) is 0 Å². The third-order valence-corrected chi connectivity index (χ3v) is 1.63. The second-order valence-corrected chi connectivity index (χ2v) is 3.68. The topological polar surface area (TPSA) is 34.1 Å².